The molecule has 0 saturated carbocycles. The highest BCUT2D eigenvalue weighted by molar-refractivity contribution is 6.17. The number of hydrogen-bond acceptors (Lipinski definition) is 4. The molecule has 0 N–H and O–H groups in total. The van der Waals surface area contributed by atoms with E-state index in [2.05, 4.69) is 0 Å². The van der Waals surface area contributed by atoms with Crippen molar-refractivity contribution in [3.63, 3.8) is 0 Å². The minimum atomic E-state index is -1.67. The van der Waals surface area contributed by atoms with E-state index < -0.39 is 28.6 Å². The molecule has 0 saturated heterocycles. The second kappa shape index (κ2) is 7.63. The molecule has 35 heavy (non-hydrogen) atoms. The van der Waals surface area contributed by atoms with Crippen molar-refractivity contribution in [3.05, 3.63) is 111 Å². The van der Waals surface area contributed by atoms with Gasteiger partial charge in [0.25, 0.3) is 11.8 Å². The van der Waals surface area contributed by atoms with Crippen LogP contribution in [0.5, 0.6) is 0 Å². The first-order valence-electron chi connectivity index (χ1n) is 11.5. The molecule has 7 heteroatoms. The molecule has 0 aliphatic carbocycles. The third-order valence-corrected chi connectivity index (χ3v) is 6.83. The average Bonchev–Trinajstić information content (AvgIpc) is 3.26. The molecular weight excluding hydrogens is 447 g/mol. The molecule has 0 radical (unpaired) electrons. The number of rotatable bonds is 4. The van der Waals surface area contributed by atoms with E-state index in [9.17, 15) is 18.8 Å². The Kier molecular flexibility index (Phi) is 4.64. The fourth-order valence-electron chi connectivity index (χ4n) is 5.41. The lowest BCUT2D eigenvalue weighted by Gasteiger charge is -2.34. The maximum atomic E-state index is 14.4. The van der Waals surface area contributed by atoms with Gasteiger partial charge in [0.15, 0.2) is 11.0 Å². The van der Waals surface area contributed by atoms with Crippen molar-refractivity contribution in [1.82, 2.24) is 4.90 Å². The van der Waals surface area contributed by atoms with Crippen LogP contribution in [-0.2, 0) is 16.9 Å². The predicted octanol–water partition coefficient (Wildman–Crippen LogP) is 4.59. The molecule has 0 bridgehead atoms. The fraction of sp³-hybridized carbons (Fsp3) is 0.179. The van der Waals surface area contributed by atoms with Gasteiger partial charge in [-0.25, -0.2) is 4.39 Å². The molecule has 3 aromatic carbocycles. The number of benzene rings is 3. The molecule has 3 heterocycles. The summed E-state index contributed by atoms with van der Waals surface area (Å²) in [5.74, 6) is -1.68. The summed E-state index contributed by atoms with van der Waals surface area (Å²) >= 11 is 0. The second-order valence-corrected chi connectivity index (χ2v) is 8.84. The first-order chi connectivity index (χ1) is 17.0. The summed E-state index contributed by atoms with van der Waals surface area (Å²) in [6.07, 6.45) is 0.567. The van der Waals surface area contributed by atoms with Crippen LogP contribution in [0, 0.1) is 5.82 Å². The number of nitrogens with zero attached hydrogens (tertiary/aromatic N) is 2. The summed E-state index contributed by atoms with van der Waals surface area (Å²) in [7, 11) is 0. The average molecular weight is 468 g/mol. The lowest BCUT2D eigenvalue weighted by atomic mass is 9.84. The Bertz CT molecular complexity index is 1580. The monoisotopic (exact) mass is 468 g/mol. The molecule has 2 aliphatic rings. The number of amides is 2. The van der Waals surface area contributed by atoms with Crippen LogP contribution in [0.3, 0.4) is 0 Å². The molecule has 1 atom stereocenters. The van der Waals surface area contributed by atoms with Gasteiger partial charge in [-0.1, -0.05) is 55.5 Å². The molecule has 6 nitrogen and oxygen atoms in total. The molecule has 174 valence electrons. The van der Waals surface area contributed by atoms with E-state index >= 15 is 0 Å². The number of anilines is 1. The third-order valence-electron chi connectivity index (χ3n) is 6.83. The van der Waals surface area contributed by atoms with Gasteiger partial charge >= 0.3 is 0 Å². The van der Waals surface area contributed by atoms with Crippen LogP contribution in [0.15, 0.2) is 82.0 Å². The van der Waals surface area contributed by atoms with Gasteiger partial charge < -0.3 is 14.2 Å². The highest BCUT2D eigenvalue weighted by atomic mass is 19.1. The van der Waals surface area contributed by atoms with Gasteiger partial charge in [0.05, 0.1) is 23.2 Å². The summed E-state index contributed by atoms with van der Waals surface area (Å²) in [6, 6.07) is 20.3. The van der Waals surface area contributed by atoms with Crippen LogP contribution in [0.2, 0.25) is 0 Å². The van der Waals surface area contributed by atoms with Gasteiger partial charge in [-0.05, 0) is 36.2 Å². The normalized spacial score (nSPS) is 18.6. The van der Waals surface area contributed by atoms with E-state index in [1.54, 1.807) is 17.0 Å². The third kappa shape index (κ3) is 2.78. The number of carbonyl (C=O) groups is 2. The summed E-state index contributed by atoms with van der Waals surface area (Å²) in [6.45, 7) is 2.42. The number of fused-ring (bicyclic) bond motifs is 5. The van der Waals surface area contributed by atoms with Crippen molar-refractivity contribution in [2.75, 3.05) is 11.4 Å². The number of hydrogen-bond donors (Lipinski definition) is 0. The smallest absolute Gasteiger partial charge is 0.291 e. The van der Waals surface area contributed by atoms with Crippen LogP contribution in [0.1, 0.15) is 40.6 Å². The van der Waals surface area contributed by atoms with Gasteiger partial charge in [-0.2, -0.15) is 0 Å². The van der Waals surface area contributed by atoms with Crippen LogP contribution >= 0.6 is 0 Å². The Balaban J connectivity index is 1.67. The second-order valence-electron chi connectivity index (χ2n) is 8.84. The van der Waals surface area contributed by atoms with Gasteiger partial charge in [-0.15, -0.1) is 0 Å². The van der Waals surface area contributed by atoms with E-state index in [1.165, 1.54) is 17.0 Å². The molecule has 4 aromatic rings. The van der Waals surface area contributed by atoms with E-state index in [0.29, 0.717) is 17.7 Å². The molecule has 2 aliphatic heterocycles. The van der Waals surface area contributed by atoms with E-state index in [0.717, 1.165) is 11.6 Å². The molecule has 1 spiro atoms. The maximum absolute atomic E-state index is 14.4. The zero-order valence-corrected chi connectivity index (χ0v) is 19.0. The van der Waals surface area contributed by atoms with E-state index in [1.807, 2.05) is 49.4 Å². The van der Waals surface area contributed by atoms with Crippen LogP contribution in [-0.4, -0.2) is 23.3 Å². The standard InChI is InChI=1S/C28H21FN2O4/c1-2-14-31-26(33)25-23(24(32)19-15-18(29)12-13-22(19)35-25)28(31)20-10-6-7-11-21(20)30(27(28)34)16-17-8-4-3-5-9-17/h3-13,15H,2,14,16H2,1H3. The van der Waals surface area contributed by atoms with Gasteiger partial charge in [0, 0.05) is 12.1 Å². The van der Waals surface area contributed by atoms with Crippen molar-refractivity contribution in [1.29, 1.82) is 0 Å². The molecule has 1 aromatic heterocycles. The minimum absolute atomic E-state index is 0.000985. The summed E-state index contributed by atoms with van der Waals surface area (Å²) in [4.78, 5) is 45.0. The molecule has 0 fully saturated rings. The van der Waals surface area contributed by atoms with Gasteiger partial charge in [-0.3, -0.25) is 14.4 Å². The quantitative estimate of drug-likeness (QED) is 0.439. The van der Waals surface area contributed by atoms with Gasteiger partial charge in [0.2, 0.25) is 5.76 Å². The zero-order valence-electron chi connectivity index (χ0n) is 19.0. The zero-order chi connectivity index (χ0) is 24.3. The Morgan fingerprint density at radius 2 is 1.69 bits per heavy atom. The highest BCUT2D eigenvalue weighted by Gasteiger charge is 2.64. The Hall–Kier alpha value is -4.26. The SMILES string of the molecule is CCCN1C(=O)c2oc3ccc(F)cc3c(=O)c2C12C(=O)N(Cc1ccccc1)c1ccccc12. The molecular formula is C28H21FN2O4. The maximum Gasteiger partial charge on any atom is 0.291 e. The largest absolute Gasteiger partial charge is 0.450 e. The van der Waals surface area contributed by atoms with Crippen LogP contribution in [0.25, 0.3) is 11.0 Å². The summed E-state index contributed by atoms with van der Waals surface area (Å²) < 4.78 is 20.0. The Labute approximate surface area is 200 Å². The van der Waals surface area contributed by atoms with Crippen molar-refractivity contribution in [3.8, 4) is 0 Å². The topological polar surface area (TPSA) is 70.8 Å². The van der Waals surface area contributed by atoms with Crippen LogP contribution < -0.4 is 10.3 Å². The minimum Gasteiger partial charge on any atom is -0.450 e. The first kappa shape index (κ1) is 21.3. The Morgan fingerprint density at radius 3 is 2.46 bits per heavy atom. The first-order valence-corrected chi connectivity index (χ1v) is 11.5. The van der Waals surface area contributed by atoms with Crippen molar-refractivity contribution >= 4 is 28.5 Å². The Morgan fingerprint density at radius 1 is 0.943 bits per heavy atom. The molecule has 2 amide bonds. The predicted molar refractivity (Wildman–Crippen MR) is 129 cm³/mol. The van der Waals surface area contributed by atoms with Crippen molar-refractivity contribution in [2.45, 2.75) is 25.4 Å². The van der Waals surface area contributed by atoms with Crippen molar-refractivity contribution < 1.29 is 18.4 Å². The lowest BCUT2D eigenvalue weighted by molar-refractivity contribution is -0.126. The molecule has 1 unspecified atom stereocenters. The fourth-order valence-corrected chi connectivity index (χ4v) is 5.41. The lowest BCUT2D eigenvalue weighted by Crippen LogP contribution is -2.53. The van der Waals surface area contributed by atoms with Gasteiger partial charge in [0.1, 0.15) is 11.4 Å². The highest BCUT2D eigenvalue weighted by Crippen LogP contribution is 2.52. The van der Waals surface area contributed by atoms with Crippen molar-refractivity contribution in [2.24, 2.45) is 0 Å². The number of para-hydroxylation sites is 1. The van der Waals surface area contributed by atoms with E-state index in [4.69, 9.17) is 4.42 Å². The summed E-state index contributed by atoms with van der Waals surface area (Å²) in [5, 5.41) is 0.000985. The number of carbonyl (C=O) groups excluding carboxylic acids is 2. The van der Waals surface area contributed by atoms with Crippen LogP contribution in [0.4, 0.5) is 10.1 Å². The number of halogens is 1. The van der Waals surface area contributed by atoms with E-state index in [-0.39, 0.29) is 35.4 Å². The summed E-state index contributed by atoms with van der Waals surface area (Å²) in [5.41, 5.74) is -0.0934. The molecule has 6 rings (SSSR count).